The summed E-state index contributed by atoms with van der Waals surface area (Å²) in [6, 6.07) is 7.35. The second kappa shape index (κ2) is 2.40. The molecule has 0 fully saturated rings. The fraction of sp³-hybridized carbons (Fsp3) is 0. The van der Waals surface area contributed by atoms with Crippen LogP contribution in [0.5, 0.6) is 0 Å². The van der Waals surface area contributed by atoms with E-state index in [1.807, 2.05) is 18.2 Å². The predicted molar refractivity (Wildman–Crippen MR) is 41.6 cm³/mol. The molecule has 0 unspecified atom stereocenters. The Morgan fingerprint density at radius 1 is 1.27 bits per heavy atom. The van der Waals surface area contributed by atoms with Crippen LogP contribution in [0, 0.1) is 6.61 Å². The molecule has 0 saturated heterocycles. The summed E-state index contributed by atoms with van der Waals surface area (Å²) >= 11 is 0. The van der Waals surface area contributed by atoms with Gasteiger partial charge in [0.15, 0.2) is 0 Å². The molecule has 1 aromatic carbocycles. The molecule has 2 aromatic rings. The Hall–Kier alpha value is -1.28. The van der Waals surface area contributed by atoms with Crippen molar-refractivity contribution in [3.8, 4) is 0 Å². The SMILES string of the molecule is O[CH]c1ccc2occc2c1. The largest absolute Gasteiger partial charge is 0.464 e. The molecule has 0 saturated carbocycles. The molecule has 0 amide bonds. The van der Waals surface area contributed by atoms with Crippen molar-refractivity contribution in [3.63, 3.8) is 0 Å². The number of hydrogen-bond acceptors (Lipinski definition) is 2. The molecule has 0 atom stereocenters. The molecule has 1 N–H and O–H groups in total. The summed E-state index contributed by atoms with van der Waals surface area (Å²) in [7, 11) is 0. The lowest BCUT2D eigenvalue weighted by Gasteiger charge is -1.92. The lowest BCUT2D eigenvalue weighted by Crippen LogP contribution is -1.76. The van der Waals surface area contributed by atoms with Crippen LogP contribution in [-0.4, -0.2) is 5.11 Å². The standard InChI is InChI=1S/C9H7O2/c10-6-7-1-2-9-8(5-7)3-4-11-9/h1-6,10H. The highest BCUT2D eigenvalue weighted by Crippen LogP contribution is 2.16. The van der Waals surface area contributed by atoms with E-state index in [1.54, 1.807) is 12.3 Å². The normalized spacial score (nSPS) is 10.6. The number of rotatable bonds is 1. The molecule has 1 radical (unpaired) electrons. The smallest absolute Gasteiger partial charge is 0.133 e. The number of benzene rings is 1. The molecule has 0 aliphatic rings. The van der Waals surface area contributed by atoms with E-state index in [0.717, 1.165) is 23.1 Å². The Bertz CT molecular complexity index is 362. The first-order valence-corrected chi connectivity index (χ1v) is 3.35. The van der Waals surface area contributed by atoms with E-state index >= 15 is 0 Å². The van der Waals surface area contributed by atoms with Crippen molar-refractivity contribution in [1.29, 1.82) is 0 Å². The Kier molecular flexibility index (Phi) is 1.40. The van der Waals surface area contributed by atoms with Crippen LogP contribution in [0.25, 0.3) is 11.0 Å². The number of fused-ring (bicyclic) bond motifs is 1. The number of aliphatic hydroxyl groups is 1. The van der Waals surface area contributed by atoms with E-state index in [-0.39, 0.29) is 0 Å². The lowest BCUT2D eigenvalue weighted by molar-refractivity contribution is 0.415. The van der Waals surface area contributed by atoms with Gasteiger partial charge in [-0.2, -0.15) is 0 Å². The highest BCUT2D eigenvalue weighted by atomic mass is 16.3. The number of aliphatic hydroxyl groups excluding tert-OH is 1. The minimum atomic E-state index is 0.791. The van der Waals surface area contributed by atoms with Gasteiger partial charge < -0.3 is 9.52 Å². The van der Waals surface area contributed by atoms with Crippen LogP contribution in [0.4, 0.5) is 0 Å². The zero-order valence-corrected chi connectivity index (χ0v) is 5.82. The summed E-state index contributed by atoms with van der Waals surface area (Å²) in [5.74, 6) is 0. The molecular weight excluding hydrogens is 140 g/mol. The van der Waals surface area contributed by atoms with Gasteiger partial charge in [-0.3, -0.25) is 0 Å². The second-order valence-corrected chi connectivity index (χ2v) is 2.35. The van der Waals surface area contributed by atoms with E-state index in [4.69, 9.17) is 9.52 Å². The summed E-state index contributed by atoms with van der Waals surface area (Å²) in [4.78, 5) is 0. The van der Waals surface area contributed by atoms with E-state index in [1.165, 1.54) is 0 Å². The maximum atomic E-state index is 8.68. The van der Waals surface area contributed by atoms with Crippen LogP contribution in [-0.2, 0) is 0 Å². The summed E-state index contributed by atoms with van der Waals surface area (Å²) in [5, 5.41) is 9.69. The molecular formula is C9H7O2. The Morgan fingerprint density at radius 3 is 3.00 bits per heavy atom. The van der Waals surface area contributed by atoms with Gasteiger partial charge >= 0.3 is 0 Å². The molecule has 11 heavy (non-hydrogen) atoms. The van der Waals surface area contributed by atoms with Gasteiger partial charge in [0.05, 0.1) is 6.26 Å². The van der Waals surface area contributed by atoms with E-state index in [2.05, 4.69) is 0 Å². The van der Waals surface area contributed by atoms with Gasteiger partial charge in [-0.25, -0.2) is 0 Å². The second-order valence-electron chi connectivity index (χ2n) is 2.35. The first kappa shape index (κ1) is 6.43. The molecule has 2 heteroatoms. The van der Waals surface area contributed by atoms with Crippen molar-refractivity contribution >= 4 is 11.0 Å². The molecule has 2 nitrogen and oxygen atoms in total. The van der Waals surface area contributed by atoms with Crippen molar-refractivity contribution < 1.29 is 9.52 Å². The molecule has 2 rings (SSSR count). The molecule has 0 spiro atoms. The maximum Gasteiger partial charge on any atom is 0.133 e. The molecule has 1 heterocycles. The minimum Gasteiger partial charge on any atom is -0.464 e. The number of furan rings is 1. The van der Waals surface area contributed by atoms with Crippen molar-refractivity contribution in [3.05, 3.63) is 42.7 Å². The monoisotopic (exact) mass is 147 g/mol. The van der Waals surface area contributed by atoms with Crippen LogP contribution < -0.4 is 0 Å². The van der Waals surface area contributed by atoms with Crippen LogP contribution >= 0.6 is 0 Å². The third-order valence-electron chi connectivity index (χ3n) is 1.63. The van der Waals surface area contributed by atoms with Gasteiger partial charge in [-0.05, 0) is 23.8 Å². The maximum absolute atomic E-state index is 8.68. The van der Waals surface area contributed by atoms with Gasteiger partial charge in [0.25, 0.3) is 0 Å². The Labute approximate surface area is 64.1 Å². The summed E-state index contributed by atoms with van der Waals surface area (Å²) < 4.78 is 5.12. The third-order valence-corrected chi connectivity index (χ3v) is 1.63. The average molecular weight is 147 g/mol. The molecule has 0 aliphatic heterocycles. The lowest BCUT2D eigenvalue weighted by atomic mass is 10.2. The zero-order chi connectivity index (χ0) is 7.68. The van der Waals surface area contributed by atoms with E-state index in [9.17, 15) is 0 Å². The van der Waals surface area contributed by atoms with Crippen molar-refractivity contribution in [2.24, 2.45) is 0 Å². The highest BCUT2D eigenvalue weighted by molar-refractivity contribution is 5.77. The third kappa shape index (κ3) is 1.01. The van der Waals surface area contributed by atoms with Gasteiger partial charge in [0, 0.05) is 5.39 Å². The summed E-state index contributed by atoms with van der Waals surface area (Å²) in [5.41, 5.74) is 1.63. The Morgan fingerprint density at radius 2 is 2.18 bits per heavy atom. The fourth-order valence-corrected chi connectivity index (χ4v) is 1.07. The number of hydrogen-bond donors (Lipinski definition) is 1. The summed E-state index contributed by atoms with van der Waals surface area (Å²) in [6.07, 6.45) is 1.63. The zero-order valence-electron chi connectivity index (χ0n) is 5.82. The summed E-state index contributed by atoms with van der Waals surface area (Å²) in [6.45, 7) is 1.08. The average Bonchev–Trinajstić information content (AvgIpc) is 2.50. The Balaban J connectivity index is 2.67. The predicted octanol–water partition coefficient (Wildman–Crippen LogP) is 2.32. The van der Waals surface area contributed by atoms with Crippen LogP contribution in [0.1, 0.15) is 5.56 Å². The minimum absolute atomic E-state index is 0.791. The fourth-order valence-electron chi connectivity index (χ4n) is 1.07. The van der Waals surface area contributed by atoms with Gasteiger partial charge in [-0.1, -0.05) is 6.07 Å². The quantitative estimate of drug-likeness (QED) is 0.671. The van der Waals surface area contributed by atoms with Crippen molar-refractivity contribution in [1.82, 2.24) is 0 Å². The molecule has 0 aliphatic carbocycles. The topological polar surface area (TPSA) is 33.4 Å². The van der Waals surface area contributed by atoms with Crippen LogP contribution in [0.2, 0.25) is 0 Å². The first-order chi connectivity index (χ1) is 5.40. The molecule has 1 aromatic heterocycles. The molecule has 55 valence electrons. The molecule has 0 bridgehead atoms. The van der Waals surface area contributed by atoms with Crippen LogP contribution in [0.3, 0.4) is 0 Å². The van der Waals surface area contributed by atoms with Gasteiger partial charge in [0.1, 0.15) is 12.2 Å². The van der Waals surface area contributed by atoms with Crippen LogP contribution in [0.15, 0.2) is 34.9 Å². The van der Waals surface area contributed by atoms with Crippen molar-refractivity contribution in [2.75, 3.05) is 0 Å². The first-order valence-electron chi connectivity index (χ1n) is 3.35. The van der Waals surface area contributed by atoms with Crippen molar-refractivity contribution in [2.45, 2.75) is 0 Å². The van der Waals surface area contributed by atoms with E-state index in [0.29, 0.717) is 0 Å². The van der Waals surface area contributed by atoms with Gasteiger partial charge in [-0.15, -0.1) is 0 Å². The highest BCUT2D eigenvalue weighted by Gasteiger charge is 1.96. The van der Waals surface area contributed by atoms with Gasteiger partial charge in [0.2, 0.25) is 0 Å². The van der Waals surface area contributed by atoms with E-state index < -0.39 is 0 Å².